The van der Waals surface area contributed by atoms with Crippen molar-refractivity contribution < 1.29 is 0 Å². The fourth-order valence-electron chi connectivity index (χ4n) is 2.01. The van der Waals surface area contributed by atoms with Gasteiger partial charge in [-0.25, -0.2) is 0 Å². The van der Waals surface area contributed by atoms with Crippen LogP contribution in [0.5, 0.6) is 0 Å². The van der Waals surface area contributed by atoms with Gasteiger partial charge in [-0.2, -0.15) is 0 Å². The van der Waals surface area contributed by atoms with Crippen LogP contribution >= 0.6 is 0 Å². The zero-order chi connectivity index (χ0) is 9.97. The number of hydrogen-bond acceptors (Lipinski definition) is 0. The second kappa shape index (κ2) is 3.83. The van der Waals surface area contributed by atoms with Crippen molar-refractivity contribution in [1.82, 2.24) is 0 Å². The molecule has 0 spiro atoms. The minimum absolute atomic E-state index is 1.19. The van der Waals surface area contributed by atoms with E-state index in [0.717, 1.165) is 0 Å². The number of rotatable bonds is 2. The van der Waals surface area contributed by atoms with Gasteiger partial charge in [0.1, 0.15) is 0 Å². The molecular weight excluding hydrogens is 168 g/mol. The first kappa shape index (κ1) is 9.26. The molecule has 0 amide bonds. The van der Waals surface area contributed by atoms with E-state index in [4.69, 9.17) is 0 Å². The monoisotopic (exact) mass is 184 g/mol. The quantitative estimate of drug-likeness (QED) is 0.659. The molecule has 14 heavy (non-hydrogen) atoms. The fraction of sp³-hybridized carbons (Fsp3) is 0.286. The van der Waals surface area contributed by atoms with Gasteiger partial charge < -0.3 is 0 Å². The average molecular weight is 184 g/mol. The lowest BCUT2D eigenvalue weighted by Crippen LogP contribution is -1.89. The highest BCUT2D eigenvalue weighted by molar-refractivity contribution is 5.86. The van der Waals surface area contributed by atoms with E-state index in [1.54, 1.807) is 0 Å². The maximum atomic E-state index is 2.27. The van der Waals surface area contributed by atoms with E-state index < -0.39 is 0 Å². The van der Waals surface area contributed by atoms with Crippen molar-refractivity contribution in [2.75, 3.05) is 0 Å². The van der Waals surface area contributed by atoms with E-state index in [0.29, 0.717) is 0 Å². The van der Waals surface area contributed by atoms with Crippen molar-refractivity contribution in [2.45, 2.75) is 26.7 Å². The van der Waals surface area contributed by atoms with E-state index >= 15 is 0 Å². The highest BCUT2D eigenvalue weighted by Crippen LogP contribution is 2.22. The van der Waals surface area contributed by atoms with Crippen LogP contribution < -0.4 is 0 Å². The van der Waals surface area contributed by atoms with Crippen LogP contribution in [-0.4, -0.2) is 0 Å². The molecule has 0 aromatic heterocycles. The zero-order valence-electron chi connectivity index (χ0n) is 8.88. The Balaban J connectivity index is 2.63. The van der Waals surface area contributed by atoms with Gasteiger partial charge in [0.05, 0.1) is 0 Å². The second-order valence-electron chi connectivity index (χ2n) is 3.82. The first-order chi connectivity index (χ1) is 6.83. The van der Waals surface area contributed by atoms with Crippen LogP contribution in [0.1, 0.15) is 24.5 Å². The second-order valence-corrected chi connectivity index (χ2v) is 3.82. The van der Waals surface area contributed by atoms with Crippen LogP contribution in [0.3, 0.4) is 0 Å². The van der Waals surface area contributed by atoms with Crippen LogP contribution in [0.4, 0.5) is 0 Å². The van der Waals surface area contributed by atoms with E-state index in [9.17, 15) is 0 Å². The molecule has 2 aromatic carbocycles. The lowest BCUT2D eigenvalue weighted by Gasteiger charge is -2.07. The Kier molecular flexibility index (Phi) is 2.53. The summed E-state index contributed by atoms with van der Waals surface area (Å²) >= 11 is 0. The summed E-state index contributed by atoms with van der Waals surface area (Å²) in [6.45, 7) is 4.46. The van der Waals surface area contributed by atoms with Gasteiger partial charge in [0.15, 0.2) is 0 Å². The van der Waals surface area contributed by atoms with Gasteiger partial charge in [0, 0.05) is 0 Å². The number of fused-ring (bicyclic) bond motifs is 1. The van der Waals surface area contributed by atoms with Crippen molar-refractivity contribution >= 4 is 10.8 Å². The molecule has 0 heterocycles. The molecular formula is C14H16. The van der Waals surface area contributed by atoms with Gasteiger partial charge in [-0.15, -0.1) is 0 Å². The molecule has 0 aliphatic heterocycles. The van der Waals surface area contributed by atoms with E-state index in [-0.39, 0.29) is 0 Å². The van der Waals surface area contributed by atoms with Crippen molar-refractivity contribution in [3.63, 3.8) is 0 Å². The highest BCUT2D eigenvalue weighted by Gasteiger charge is 2.01. The third-order valence-corrected chi connectivity index (χ3v) is 2.83. The molecule has 2 aromatic rings. The smallest absolute Gasteiger partial charge is 0.0152 e. The number of benzene rings is 2. The van der Waals surface area contributed by atoms with Crippen LogP contribution in [0.2, 0.25) is 0 Å². The Morgan fingerprint density at radius 2 is 1.79 bits per heavy atom. The lowest BCUT2D eigenvalue weighted by molar-refractivity contribution is 0.915. The van der Waals surface area contributed by atoms with Crippen LogP contribution in [-0.2, 0) is 6.42 Å². The van der Waals surface area contributed by atoms with E-state index in [1.807, 2.05) is 0 Å². The highest BCUT2D eigenvalue weighted by atomic mass is 14.1. The molecule has 72 valence electrons. The Hall–Kier alpha value is -1.30. The van der Waals surface area contributed by atoms with E-state index in [1.165, 1.54) is 34.7 Å². The molecule has 0 saturated heterocycles. The van der Waals surface area contributed by atoms with Crippen molar-refractivity contribution in [3.05, 3.63) is 47.5 Å². The first-order valence-electron chi connectivity index (χ1n) is 5.30. The zero-order valence-corrected chi connectivity index (χ0v) is 8.88. The predicted octanol–water partition coefficient (Wildman–Crippen LogP) is 4.10. The Morgan fingerprint density at radius 1 is 1.00 bits per heavy atom. The lowest BCUT2D eigenvalue weighted by atomic mass is 9.97. The standard InChI is InChI=1S/C14H16/c1-3-6-12-9-10-13-7-4-5-8-14(13)11(12)2/h4-5,7-10H,3,6H2,1-2H3. The third kappa shape index (κ3) is 1.52. The fourth-order valence-corrected chi connectivity index (χ4v) is 2.01. The summed E-state index contributed by atoms with van der Waals surface area (Å²) in [4.78, 5) is 0. The first-order valence-corrected chi connectivity index (χ1v) is 5.30. The van der Waals surface area contributed by atoms with Crippen molar-refractivity contribution in [3.8, 4) is 0 Å². The molecule has 0 radical (unpaired) electrons. The molecule has 0 bridgehead atoms. The summed E-state index contributed by atoms with van der Waals surface area (Å²) in [5.74, 6) is 0. The number of hydrogen-bond donors (Lipinski definition) is 0. The minimum atomic E-state index is 1.19. The molecule has 0 atom stereocenters. The summed E-state index contributed by atoms with van der Waals surface area (Å²) in [5, 5.41) is 2.75. The average Bonchev–Trinajstić information content (AvgIpc) is 2.23. The van der Waals surface area contributed by atoms with Gasteiger partial charge in [-0.3, -0.25) is 0 Å². The molecule has 0 aliphatic rings. The Morgan fingerprint density at radius 3 is 2.57 bits per heavy atom. The van der Waals surface area contributed by atoms with Gasteiger partial charge in [-0.05, 0) is 35.2 Å². The summed E-state index contributed by atoms with van der Waals surface area (Å²) < 4.78 is 0. The van der Waals surface area contributed by atoms with E-state index in [2.05, 4.69) is 50.2 Å². The molecule has 0 fully saturated rings. The summed E-state index contributed by atoms with van der Waals surface area (Å²) in [6.07, 6.45) is 2.41. The van der Waals surface area contributed by atoms with Crippen LogP contribution in [0.25, 0.3) is 10.8 Å². The van der Waals surface area contributed by atoms with Gasteiger partial charge >= 0.3 is 0 Å². The topological polar surface area (TPSA) is 0 Å². The van der Waals surface area contributed by atoms with Crippen molar-refractivity contribution in [1.29, 1.82) is 0 Å². The molecule has 0 nitrogen and oxygen atoms in total. The third-order valence-electron chi connectivity index (χ3n) is 2.83. The molecule has 0 N–H and O–H groups in total. The van der Waals surface area contributed by atoms with Crippen LogP contribution in [0.15, 0.2) is 36.4 Å². The minimum Gasteiger partial charge on any atom is -0.0651 e. The van der Waals surface area contributed by atoms with Gasteiger partial charge in [0.2, 0.25) is 0 Å². The van der Waals surface area contributed by atoms with Crippen molar-refractivity contribution in [2.24, 2.45) is 0 Å². The Bertz CT molecular complexity index is 441. The number of aryl methyl sites for hydroxylation is 2. The summed E-state index contributed by atoms with van der Waals surface area (Å²) in [5.41, 5.74) is 2.94. The SMILES string of the molecule is CCCc1ccc2ccccc2c1C. The predicted molar refractivity (Wildman–Crippen MR) is 62.7 cm³/mol. The Labute approximate surface area is 85.6 Å². The normalized spacial score (nSPS) is 10.7. The van der Waals surface area contributed by atoms with Gasteiger partial charge in [0.25, 0.3) is 0 Å². The van der Waals surface area contributed by atoms with Gasteiger partial charge in [-0.1, -0.05) is 49.7 Å². The largest absolute Gasteiger partial charge is 0.0651 e. The molecule has 0 aliphatic carbocycles. The summed E-state index contributed by atoms with van der Waals surface area (Å²) in [7, 11) is 0. The molecule has 2 rings (SSSR count). The van der Waals surface area contributed by atoms with Crippen LogP contribution in [0, 0.1) is 6.92 Å². The molecule has 0 heteroatoms. The maximum absolute atomic E-state index is 2.27. The summed E-state index contributed by atoms with van der Waals surface area (Å²) in [6, 6.07) is 13.1. The maximum Gasteiger partial charge on any atom is -0.0152 e. The molecule has 0 unspecified atom stereocenters. The molecule has 0 saturated carbocycles.